The van der Waals surface area contributed by atoms with Gasteiger partial charge in [-0.3, -0.25) is 0 Å². The van der Waals surface area contributed by atoms with E-state index in [4.69, 9.17) is 11.6 Å². The van der Waals surface area contributed by atoms with Crippen molar-refractivity contribution in [2.24, 2.45) is 0 Å². The maximum atomic E-state index is 14.6. The predicted molar refractivity (Wildman–Crippen MR) is 89.1 cm³/mol. The summed E-state index contributed by atoms with van der Waals surface area (Å²) >= 11 is 5.82. The summed E-state index contributed by atoms with van der Waals surface area (Å²) < 4.78 is 33.7. The molecule has 0 heterocycles. The van der Waals surface area contributed by atoms with Crippen molar-refractivity contribution in [3.8, 4) is 0 Å². The number of benzene rings is 2. The number of carbonyl (C=O) groups excluding carboxylic acids is 1. The molecule has 0 fully saturated rings. The summed E-state index contributed by atoms with van der Waals surface area (Å²) in [5.74, 6) is -5.26. The average Bonchev–Trinajstić information content (AvgIpc) is 2.57. The highest BCUT2D eigenvalue weighted by Gasteiger charge is 2.49. The number of hydrogen-bond donors (Lipinski definition) is 1. The van der Waals surface area contributed by atoms with Crippen LogP contribution in [-0.4, -0.2) is 18.5 Å². The number of esters is 1. The summed E-state index contributed by atoms with van der Waals surface area (Å²) in [6, 6.07) is 13.5. The number of nitrogens with one attached hydrogen (secondary N) is 1. The first-order valence-corrected chi connectivity index (χ1v) is 7.90. The minimum atomic E-state index is -3.71. The highest BCUT2D eigenvalue weighted by atomic mass is 35.5. The monoisotopic (exact) mass is 353 g/mol. The van der Waals surface area contributed by atoms with E-state index in [1.165, 1.54) is 31.2 Å². The molecule has 1 atom stereocenters. The van der Waals surface area contributed by atoms with Crippen molar-refractivity contribution in [1.82, 2.24) is 5.32 Å². The van der Waals surface area contributed by atoms with Crippen LogP contribution in [0.5, 0.6) is 0 Å². The van der Waals surface area contributed by atoms with E-state index in [1.807, 2.05) is 30.3 Å². The van der Waals surface area contributed by atoms with Gasteiger partial charge in [-0.2, -0.15) is 8.78 Å². The average molecular weight is 354 g/mol. The van der Waals surface area contributed by atoms with Crippen LogP contribution in [0, 0.1) is 0 Å². The van der Waals surface area contributed by atoms with Crippen LogP contribution in [0.3, 0.4) is 0 Å². The van der Waals surface area contributed by atoms with Gasteiger partial charge in [-0.25, -0.2) is 4.79 Å². The molecule has 3 nitrogen and oxygen atoms in total. The minimum Gasteiger partial charge on any atom is -0.462 e. The number of carbonyl (C=O) groups is 1. The van der Waals surface area contributed by atoms with Crippen molar-refractivity contribution in [2.45, 2.75) is 25.4 Å². The topological polar surface area (TPSA) is 38.3 Å². The van der Waals surface area contributed by atoms with E-state index < -0.39 is 17.9 Å². The molecule has 0 saturated carbocycles. The Morgan fingerprint density at radius 2 is 1.79 bits per heavy atom. The molecule has 0 aromatic heterocycles. The van der Waals surface area contributed by atoms with Gasteiger partial charge in [-0.15, -0.1) is 0 Å². The molecule has 24 heavy (non-hydrogen) atoms. The molecule has 0 bridgehead atoms. The highest BCUT2D eigenvalue weighted by molar-refractivity contribution is 6.30. The number of alkyl halides is 2. The molecule has 2 rings (SSSR count). The second-order valence-electron chi connectivity index (χ2n) is 5.19. The van der Waals surface area contributed by atoms with E-state index in [-0.39, 0.29) is 18.7 Å². The van der Waals surface area contributed by atoms with E-state index in [9.17, 15) is 13.6 Å². The molecule has 0 aliphatic heterocycles. The van der Waals surface area contributed by atoms with Crippen molar-refractivity contribution < 1.29 is 18.3 Å². The van der Waals surface area contributed by atoms with Gasteiger partial charge in [0.25, 0.3) is 0 Å². The molecular formula is C18H18ClF2NO2. The minimum absolute atomic E-state index is 0.111. The number of halogens is 3. The van der Waals surface area contributed by atoms with Crippen molar-refractivity contribution in [3.05, 3.63) is 70.7 Å². The number of rotatable bonds is 7. The van der Waals surface area contributed by atoms with Gasteiger partial charge in [-0.1, -0.05) is 54.1 Å². The fourth-order valence-electron chi connectivity index (χ4n) is 2.27. The first kappa shape index (κ1) is 18.4. The van der Waals surface area contributed by atoms with Crippen LogP contribution >= 0.6 is 11.6 Å². The predicted octanol–water partition coefficient (Wildman–Crippen LogP) is 4.37. The van der Waals surface area contributed by atoms with Gasteiger partial charge in [0.15, 0.2) is 0 Å². The van der Waals surface area contributed by atoms with Crippen LogP contribution in [0.4, 0.5) is 8.78 Å². The molecule has 2 aromatic rings. The third-order valence-electron chi connectivity index (χ3n) is 3.47. The molecule has 1 N–H and O–H groups in total. The molecule has 0 aliphatic carbocycles. The van der Waals surface area contributed by atoms with Gasteiger partial charge in [0.2, 0.25) is 0 Å². The molecule has 0 saturated heterocycles. The van der Waals surface area contributed by atoms with Crippen molar-refractivity contribution in [3.63, 3.8) is 0 Å². The Hall–Kier alpha value is -1.98. The molecule has 0 radical (unpaired) electrons. The standard InChI is InChI=1S/C18H18ClF2NO2/c1-2-24-17(23)18(20,21)16(14-8-10-15(19)11-9-14)22-12-13-6-4-3-5-7-13/h3-11,16,22H,2,12H2,1H3. The summed E-state index contributed by atoms with van der Waals surface area (Å²) in [4.78, 5) is 11.7. The van der Waals surface area contributed by atoms with E-state index in [0.717, 1.165) is 5.56 Å². The fourth-order valence-corrected chi connectivity index (χ4v) is 2.40. The maximum Gasteiger partial charge on any atom is 0.379 e. The summed E-state index contributed by atoms with van der Waals surface area (Å²) in [5.41, 5.74) is 1.09. The van der Waals surface area contributed by atoms with Gasteiger partial charge >= 0.3 is 11.9 Å². The van der Waals surface area contributed by atoms with Gasteiger partial charge < -0.3 is 10.1 Å². The molecule has 0 spiro atoms. The zero-order chi connectivity index (χ0) is 17.6. The molecular weight excluding hydrogens is 336 g/mol. The lowest BCUT2D eigenvalue weighted by molar-refractivity contribution is -0.176. The van der Waals surface area contributed by atoms with Crippen LogP contribution in [0.15, 0.2) is 54.6 Å². The molecule has 0 amide bonds. The molecule has 0 aliphatic rings. The smallest absolute Gasteiger partial charge is 0.379 e. The van der Waals surface area contributed by atoms with Gasteiger partial charge in [-0.05, 0) is 30.2 Å². The van der Waals surface area contributed by atoms with Crippen LogP contribution < -0.4 is 5.32 Å². The summed E-state index contributed by atoms with van der Waals surface area (Å²) in [6.07, 6.45) is 0. The van der Waals surface area contributed by atoms with Gasteiger partial charge in [0.1, 0.15) is 6.04 Å². The molecule has 2 aromatic carbocycles. The normalized spacial score (nSPS) is 12.7. The molecule has 6 heteroatoms. The Bertz CT molecular complexity index is 662. The Labute approximate surface area is 144 Å². The van der Waals surface area contributed by atoms with E-state index in [0.29, 0.717) is 5.02 Å². The SMILES string of the molecule is CCOC(=O)C(F)(F)C(NCc1ccccc1)c1ccc(Cl)cc1. The Balaban J connectivity index is 2.26. The van der Waals surface area contributed by atoms with E-state index in [1.54, 1.807) is 0 Å². The van der Waals surface area contributed by atoms with Gasteiger partial charge in [0, 0.05) is 11.6 Å². The third-order valence-corrected chi connectivity index (χ3v) is 3.72. The van der Waals surface area contributed by atoms with Crippen molar-refractivity contribution >= 4 is 17.6 Å². The van der Waals surface area contributed by atoms with Crippen molar-refractivity contribution in [2.75, 3.05) is 6.61 Å². The third kappa shape index (κ3) is 4.52. The Morgan fingerprint density at radius 1 is 1.17 bits per heavy atom. The summed E-state index contributed by atoms with van der Waals surface area (Å²) in [6.45, 7) is 1.56. The first-order valence-electron chi connectivity index (χ1n) is 7.53. The number of hydrogen-bond acceptors (Lipinski definition) is 3. The number of ether oxygens (including phenoxy) is 1. The Morgan fingerprint density at radius 3 is 2.38 bits per heavy atom. The quantitative estimate of drug-likeness (QED) is 0.751. The zero-order valence-electron chi connectivity index (χ0n) is 13.1. The second-order valence-corrected chi connectivity index (χ2v) is 5.63. The highest BCUT2D eigenvalue weighted by Crippen LogP contribution is 2.33. The first-order chi connectivity index (χ1) is 11.4. The molecule has 1 unspecified atom stereocenters. The maximum absolute atomic E-state index is 14.6. The van der Waals surface area contributed by atoms with Crippen molar-refractivity contribution in [1.29, 1.82) is 0 Å². The second kappa shape index (κ2) is 8.22. The Kier molecular flexibility index (Phi) is 6.29. The lowest BCUT2D eigenvalue weighted by Crippen LogP contribution is -2.44. The van der Waals surface area contributed by atoms with Crippen LogP contribution in [0.1, 0.15) is 24.1 Å². The summed E-state index contributed by atoms with van der Waals surface area (Å²) in [7, 11) is 0. The fraction of sp³-hybridized carbons (Fsp3) is 0.278. The van der Waals surface area contributed by atoms with E-state index in [2.05, 4.69) is 10.1 Å². The lowest BCUT2D eigenvalue weighted by Gasteiger charge is -2.26. The van der Waals surface area contributed by atoms with Crippen LogP contribution in [0.25, 0.3) is 0 Å². The molecule has 128 valence electrons. The van der Waals surface area contributed by atoms with Crippen LogP contribution in [0.2, 0.25) is 5.02 Å². The van der Waals surface area contributed by atoms with Gasteiger partial charge in [0.05, 0.1) is 6.61 Å². The summed E-state index contributed by atoms with van der Waals surface area (Å²) in [5, 5.41) is 3.19. The lowest BCUT2D eigenvalue weighted by atomic mass is 10.00. The van der Waals surface area contributed by atoms with Crippen LogP contribution in [-0.2, 0) is 16.1 Å². The largest absolute Gasteiger partial charge is 0.462 e. The van der Waals surface area contributed by atoms with E-state index >= 15 is 0 Å². The zero-order valence-corrected chi connectivity index (χ0v) is 13.9.